The van der Waals surface area contributed by atoms with Crippen molar-refractivity contribution in [2.75, 3.05) is 6.54 Å². The lowest BCUT2D eigenvalue weighted by Gasteiger charge is -2.07. The molecule has 1 heterocycles. The van der Waals surface area contributed by atoms with Gasteiger partial charge in [-0.25, -0.2) is 0 Å². The molecule has 1 aromatic heterocycles. The van der Waals surface area contributed by atoms with E-state index in [1.54, 1.807) is 13.0 Å². The van der Waals surface area contributed by atoms with E-state index in [1.807, 2.05) is 24.3 Å². The molecule has 0 bridgehead atoms. The van der Waals surface area contributed by atoms with Crippen molar-refractivity contribution in [3.05, 3.63) is 41.4 Å². The predicted molar refractivity (Wildman–Crippen MR) is 86.0 cm³/mol. The number of amides is 1. The van der Waals surface area contributed by atoms with Crippen molar-refractivity contribution >= 4 is 33.6 Å². The number of thioether (sulfide) groups is 1. The Bertz CT molecular complexity index is 645. The van der Waals surface area contributed by atoms with Crippen LogP contribution < -0.4 is 5.32 Å². The number of halogens is 1. The molecule has 110 valence electrons. The van der Waals surface area contributed by atoms with Gasteiger partial charge in [-0.2, -0.15) is 0 Å². The molecule has 1 N–H and O–H groups in total. The van der Waals surface area contributed by atoms with Crippen molar-refractivity contribution in [1.82, 2.24) is 15.5 Å². The number of hydrogen-bond acceptors (Lipinski definition) is 5. The molecule has 0 fully saturated rings. The number of benzene rings is 1. The van der Waals surface area contributed by atoms with Gasteiger partial charge in [-0.1, -0.05) is 39.8 Å². The molecule has 0 spiro atoms. The van der Waals surface area contributed by atoms with Crippen molar-refractivity contribution in [2.24, 2.45) is 0 Å². The Morgan fingerprint density at radius 3 is 3.10 bits per heavy atom. The lowest BCUT2D eigenvalue weighted by atomic mass is 10.2. The fourth-order valence-corrected chi connectivity index (χ4v) is 2.62. The summed E-state index contributed by atoms with van der Waals surface area (Å²) in [5.74, 6) is 0.333. The smallest absolute Gasteiger partial charge is 0.277 e. The van der Waals surface area contributed by atoms with E-state index in [2.05, 4.69) is 38.0 Å². The largest absolute Gasteiger partial charge is 0.411 e. The second-order valence-corrected chi connectivity index (χ2v) is 6.39. The van der Waals surface area contributed by atoms with Gasteiger partial charge < -0.3 is 9.73 Å². The molecule has 0 unspecified atom stereocenters. The van der Waals surface area contributed by atoms with E-state index in [4.69, 9.17) is 4.42 Å². The molecule has 5 nitrogen and oxygen atoms in total. The first-order valence-electron chi connectivity index (χ1n) is 6.25. The molecule has 21 heavy (non-hydrogen) atoms. The summed E-state index contributed by atoms with van der Waals surface area (Å²) in [6, 6.07) is 7.58. The monoisotopic (exact) mass is 367 g/mol. The van der Waals surface area contributed by atoms with Crippen LogP contribution in [0.4, 0.5) is 0 Å². The summed E-state index contributed by atoms with van der Waals surface area (Å²) >= 11 is 4.62. The van der Waals surface area contributed by atoms with Crippen LogP contribution in [0.2, 0.25) is 0 Å². The van der Waals surface area contributed by atoms with Crippen LogP contribution in [0.3, 0.4) is 0 Å². The van der Waals surface area contributed by atoms with Crippen molar-refractivity contribution in [3.63, 3.8) is 0 Å². The number of nitrogens with one attached hydrogen (secondary N) is 1. The van der Waals surface area contributed by atoms with Gasteiger partial charge in [0, 0.05) is 16.6 Å². The van der Waals surface area contributed by atoms with Crippen LogP contribution in [0, 0.1) is 0 Å². The van der Waals surface area contributed by atoms with Crippen LogP contribution in [0.5, 0.6) is 0 Å². The maximum absolute atomic E-state index is 11.8. The molecule has 0 saturated heterocycles. The molecule has 2 aromatic rings. The van der Waals surface area contributed by atoms with E-state index in [1.165, 1.54) is 11.8 Å². The lowest BCUT2D eigenvalue weighted by Crippen LogP contribution is -2.30. The van der Waals surface area contributed by atoms with Crippen molar-refractivity contribution in [2.45, 2.75) is 17.4 Å². The molecular weight excluding hydrogens is 354 g/mol. The Morgan fingerprint density at radius 2 is 2.38 bits per heavy atom. The van der Waals surface area contributed by atoms with E-state index in [0.717, 1.165) is 10.0 Å². The fourth-order valence-electron chi connectivity index (χ4n) is 1.52. The van der Waals surface area contributed by atoms with E-state index in [0.29, 0.717) is 17.7 Å². The molecule has 0 radical (unpaired) electrons. The van der Waals surface area contributed by atoms with Gasteiger partial charge >= 0.3 is 0 Å². The van der Waals surface area contributed by atoms with E-state index in [-0.39, 0.29) is 11.2 Å². The Hall–Kier alpha value is -1.60. The van der Waals surface area contributed by atoms with E-state index in [9.17, 15) is 4.79 Å². The zero-order valence-electron chi connectivity index (χ0n) is 11.4. The Kier molecular flexibility index (Phi) is 5.58. The maximum atomic E-state index is 11.8. The minimum Gasteiger partial charge on any atom is -0.411 e. The van der Waals surface area contributed by atoms with Gasteiger partial charge in [-0.05, 0) is 25.1 Å². The first-order chi connectivity index (χ1) is 10.1. The molecule has 0 aliphatic heterocycles. The second-order valence-electron chi connectivity index (χ2n) is 4.18. The number of nitrogens with zero attached hydrogens (tertiary/aromatic N) is 2. The van der Waals surface area contributed by atoms with Crippen LogP contribution in [-0.4, -0.2) is 27.9 Å². The summed E-state index contributed by atoms with van der Waals surface area (Å²) in [5.41, 5.74) is 0.826. The van der Waals surface area contributed by atoms with Gasteiger partial charge in [0.25, 0.3) is 5.22 Å². The first-order valence-corrected chi connectivity index (χ1v) is 7.92. The van der Waals surface area contributed by atoms with E-state index >= 15 is 0 Å². The Labute approximate surface area is 135 Å². The summed E-state index contributed by atoms with van der Waals surface area (Å²) < 4.78 is 6.50. The summed E-state index contributed by atoms with van der Waals surface area (Å²) in [7, 11) is 0. The van der Waals surface area contributed by atoms with Gasteiger partial charge in [0.1, 0.15) is 0 Å². The number of carbonyl (C=O) groups excluding carboxylic acids is 1. The summed E-state index contributed by atoms with van der Waals surface area (Å²) in [6.45, 7) is 5.78. The zero-order chi connectivity index (χ0) is 15.2. The summed E-state index contributed by atoms with van der Waals surface area (Å²) in [4.78, 5) is 11.8. The van der Waals surface area contributed by atoms with Gasteiger partial charge in [0.05, 0.1) is 5.25 Å². The number of aromatic nitrogens is 2. The van der Waals surface area contributed by atoms with Crippen LogP contribution >= 0.6 is 27.7 Å². The van der Waals surface area contributed by atoms with Gasteiger partial charge in [-0.3, -0.25) is 4.79 Å². The summed E-state index contributed by atoms with van der Waals surface area (Å²) in [5, 5.41) is 10.7. The highest BCUT2D eigenvalue weighted by Crippen LogP contribution is 2.27. The predicted octanol–water partition coefficient (Wildman–Crippen LogP) is 3.28. The highest BCUT2D eigenvalue weighted by atomic mass is 79.9. The molecule has 0 aliphatic rings. The van der Waals surface area contributed by atoms with E-state index < -0.39 is 0 Å². The first kappa shape index (κ1) is 15.8. The van der Waals surface area contributed by atoms with Crippen LogP contribution in [-0.2, 0) is 4.79 Å². The van der Waals surface area contributed by atoms with Gasteiger partial charge in [0.2, 0.25) is 11.8 Å². The van der Waals surface area contributed by atoms with Crippen LogP contribution in [0.15, 0.2) is 51.0 Å². The third-order valence-corrected chi connectivity index (χ3v) is 3.97. The Balaban J connectivity index is 2.03. The van der Waals surface area contributed by atoms with Crippen LogP contribution in [0.1, 0.15) is 6.92 Å². The SMILES string of the molecule is C=CCNC(=O)[C@@H](C)Sc1nnc(-c2cccc(Br)c2)o1. The minimum atomic E-state index is -0.319. The van der Waals surface area contributed by atoms with Crippen LogP contribution in [0.25, 0.3) is 11.5 Å². The van der Waals surface area contributed by atoms with Crippen molar-refractivity contribution in [1.29, 1.82) is 0 Å². The quantitative estimate of drug-likeness (QED) is 0.626. The molecule has 1 atom stereocenters. The topological polar surface area (TPSA) is 68.0 Å². The molecule has 0 aliphatic carbocycles. The average molecular weight is 368 g/mol. The van der Waals surface area contributed by atoms with Gasteiger partial charge in [0.15, 0.2) is 0 Å². The Morgan fingerprint density at radius 1 is 1.57 bits per heavy atom. The molecule has 7 heteroatoms. The second kappa shape index (κ2) is 7.42. The molecule has 2 rings (SSSR count). The number of hydrogen-bond donors (Lipinski definition) is 1. The fraction of sp³-hybridized carbons (Fsp3) is 0.214. The standard InChI is InChI=1S/C14H14BrN3O2S/c1-3-7-16-12(19)9(2)21-14-18-17-13(20-14)10-5-4-6-11(15)8-10/h3-6,8-9H,1,7H2,2H3,(H,16,19)/t9-/m1/s1. The maximum Gasteiger partial charge on any atom is 0.277 e. The van der Waals surface area contributed by atoms with Gasteiger partial charge in [-0.15, -0.1) is 16.8 Å². The summed E-state index contributed by atoms with van der Waals surface area (Å²) in [6.07, 6.45) is 1.63. The third-order valence-electron chi connectivity index (χ3n) is 2.55. The minimum absolute atomic E-state index is 0.0953. The lowest BCUT2D eigenvalue weighted by molar-refractivity contribution is -0.120. The average Bonchev–Trinajstić information content (AvgIpc) is 2.93. The molecular formula is C14H14BrN3O2S. The molecule has 1 amide bonds. The number of rotatable bonds is 6. The van der Waals surface area contributed by atoms with Crippen molar-refractivity contribution < 1.29 is 9.21 Å². The molecule has 1 aromatic carbocycles. The number of carbonyl (C=O) groups is 1. The molecule has 0 saturated carbocycles. The third kappa shape index (κ3) is 4.44. The normalized spacial score (nSPS) is 11.9. The zero-order valence-corrected chi connectivity index (χ0v) is 13.8. The van der Waals surface area contributed by atoms with Crippen molar-refractivity contribution in [3.8, 4) is 11.5 Å². The highest BCUT2D eigenvalue weighted by Gasteiger charge is 2.18. The highest BCUT2D eigenvalue weighted by molar-refractivity contribution is 9.10.